The molecule has 5 heteroatoms. The second-order valence-electron chi connectivity index (χ2n) is 8.75. The summed E-state index contributed by atoms with van der Waals surface area (Å²) in [4.78, 5) is 11.6. The lowest BCUT2D eigenvalue weighted by molar-refractivity contribution is -0.141. The molecule has 0 amide bonds. The quantitative estimate of drug-likeness (QED) is 0.469. The van der Waals surface area contributed by atoms with E-state index in [0.29, 0.717) is 19.6 Å². The van der Waals surface area contributed by atoms with E-state index >= 15 is 0 Å². The summed E-state index contributed by atoms with van der Waals surface area (Å²) >= 11 is 0. The van der Waals surface area contributed by atoms with Gasteiger partial charge in [-0.3, -0.25) is 4.79 Å². The second kappa shape index (κ2) is 8.81. The van der Waals surface area contributed by atoms with E-state index in [-0.39, 0.29) is 11.9 Å². The third-order valence-electron chi connectivity index (χ3n) is 6.60. The van der Waals surface area contributed by atoms with E-state index in [1.165, 1.54) is 34.9 Å². The van der Waals surface area contributed by atoms with Crippen LogP contribution in [0.2, 0.25) is 0 Å². The molecule has 0 fully saturated rings. The van der Waals surface area contributed by atoms with Crippen LogP contribution in [0.4, 0.5) is 0 Å². The summed E-state index contributed by atoms with van der Waals surface area (Å²) in [5.41, 5.74) is 8.46. The Morgan fingerprint density at radius 3 is 2.79 bits per heavy atom. The average Bonchev–Trinajstić information content (AvgIpc) is 3.45. The molecule has 2 heterocycles. The lowest BCUT2D eigenvalue weighted by Crippen LogP contribution is -2.09. The fourth-order valence-corrected chi connectivity index (χ4v) is 4.92. The molecular formula is C28H28O5. The van der Waals surface area contributed by atoms with Gasteiger partial charge in [-0.25, -0.2) is 0 Å². The second-order valence-corrected chi connectivity index (χ2v) is 8.75. The summed E-state index contributed by atoms with van der Waals surface area (Å²) < 4.78 is 22.4. The SMILES string of the molecule is COC(=O)C[C@@H]1COc2cc(OCc3cccc(-c4c(C)cc5c(c4C)CCO5)c3)ccc21. The van der Waals surface area contributed by atoms with Crippen LogP contribution in [-0.4, -0.2) is 26.3 Å². The third-order valence-corrected chi connectivity index (χ3v) is 6.60. The topological polar surface area (TPSA) is 54.0 Å². The number of aryl methyl sites for hydroxylation is 1. The van der Waals surface area contributed by atoms with Crippen LogP contribution < -0.4 is 14.2 Å². The van der Waals surface area contributed by atoms with Crippen LogP contribution in [0.3, 0.4) is 0 Å². The van der Waals surface area contributed by atoms with E-state index in [0.717, 1.165) is 41.4 Å². The Morgan fingerprint density at radius 2 is 1.94 bits per heavy atom. The van der Waals surface area contributed by atoms with Gasteiger partial charge in [-0.15, -0.1) is 0 Å². The van der Waals surface area contributed by atoms with Crippen LogP contribution in [0.25, 0.3) is 11.1 Å². The molecule has 0 saturated carbocycles. The van der Waals surface area contributed by atoms with E-state index in [2.05, 4.69) is 44.2 Å². The first-order chi connectivity index (χ1) is 16.0. The molecule has 170 valence electrons. The van der Waals surface area contributed by atoms with Gasteiger partial charge in [0.25, 0.3) is 0 Å². The normalized spacial score (nSPS) is 15.9. The van der Waals surface area contributed by atoms with Gasteiger partial charge in [0, 0.05) is 29.5 Å². The van der Waals surface area contributed by atoms with E-state index in [1.54, 1.807) is 0 Å². The molecule has 5 nitrogen and oxygen atoms in total. The molecule has 0 radical (unpaired) electrons. The minimum absolute atomic E-state index is 0.0300. The summed E-state index contributed by atoms with van der Waals surface area (Å²) in [6.07, 6.45) is 1.29. The van der Waals surface area contributed by atoms with Gasteiger partial charge in [0.15, 0.2) is 0 Å². The Balaban J connectivity index is 1.32. The van der Waals surface area contributed by atoms with Crippen LogP contribution in [0.5, 0.6) is 17.2 Å². The molecule has 0 spiro atoms. The minimum Gasteiger partial charge on any atom is -0.493 e. The van der Waals surface area contributed by atoms with Crippen LogP contribution in [0.15, 0.2) is 48.5 Å². The molecule has 2 aliphatic heterocycles. The van der Waals surface area contributed by atoms with Crippen molar-refractivity contribution in [3.8, 4) is 28.4 Å². The maximum Gasteiger partial charge on any atom is 0.306 e. The number of rotatable bonds is 6. The fraction of sp³-hybridized carbons (Fsp3) is 0.321. The lowest BCUT2D eigenvalue weighted by atomic mass is 9.90. The van der Waals surface area contributed by atoms with Crippen LogP contribution in [0, 0.1) is 13.8 Å². The molecular weight excluding hydrogens is 416 g/mol. The Labute approximate surface area is 194 Å². The van der Waals surface area contributed by atoms with E-state index in [9.17, 15) is 4.79 Å². The number of ether oxygens (including phenoxy) is 4. The number of benzene rings is 3. The zero-order chi connectivity index (χ0) is 22.9. The maximum atomic E-state index is 11.6. The van der Waals surface area contributed by atoms with Crippen molar-refractivity contribution in [1.29, 1.82) is 0 Å². The van der Waals surface area contributed by atoms with Gasteiger partial charge in [-0.2, -0.15) is 0 Å². The number of carbonyl (C=O) groups excluding carboxylic acids is 1. The highest BCUT2D eigenvalue weighted by atomic mass is 16.5. The number of carbonyl (C=O) groups is 1. The molecule has 3 aromatic carbocycles. The molecule has 0 N–H and O–H groups in total. The summed E-state index contributed by atoms with van der Waals surface area (Å²) in [5.74, 6) is 2.36. The standard InChI is InChI=1S/C28H28O5/c1-17-11-25-23(9-10-31-25)18(2)28(17)20-6-4-5-19(12-20)15-32-22-7-8-24-21(13-27(29)30-3)16-33-26(24)14-22/h4-8,11-12,14,21H,9-10,13,15-16H2,1-3H3/t21-/m1/s1. The van der Waals surface area contributed by atoms with Crippen LogP contribution in [-0.2, 0) is 22.6 Å². The van der Waals surface area contributed by atoms with Gasteiger partial charge in [0.2, 0.25) is 0 Å². The van der Waals surface area contributed by atoms with Gasteiger partial charge in [0.1, 0.15) is 23.9 Å². The Hall–Kier alpha value is -3.47. The van der Waals surface area contributed by atoms with Crippen LogP contribution in [0.1, 0.15) is 40.2 Å². The third kappa shape index (κ3) is 4.15. The average molecular weight is 445 g/mol. The first kappa shape index (κ1) is 21.4. The van der Waals surface area contributed by atoms with Crippen molar-refractivity contribution >= 4 is 5.97 Å². The van der Waals surface area contributed by atoms with Crippen LogP contribution >= 0.6 is 0 Å². The number of hydrogen-bond donors (Lipinski definition) is 0. The number of hydrogen-bond acceptors (Lipinski definition) is 5. The van der Waals surface area contributed by atoms with Crippen molar-refractivity contribution in [2.75, 3.05) is 20.3 Å². The molecule has 1 atom stereocenters. The summed E-state index contributed by atoms with van der Waals surface area (Å²) in [7, 11) is 1.41. The van der Waals surface area contributed by atoms with Crippen molar-refractivity contribution in [1.82, 2.24) is 0 Å². The molecule has 0 aliphatic carbocycles. The first-order valence-corrected chi connectivity index (χ1v) is 11.3. The van der Waals surface area contributed by atoms with Crippen molar-refractivity contribution in [3.63, 3.8) is 0 Å². The molecule has 33 heavy (non-hydrogen) atoms. The Kier molecular flexibility index (Phi) is 5.71. The molecule has 0 unspecified atom stereocenters. The van der Waals surface area contributed by atoms with Crippen molar-refractivity contribution < 1.29 is 23.7 Å². The molecule has 0 aromatic heterocycles. The predicted molar refractivity (Wildman–Crippen MR) is 126 cm³/mol. The molecule has 0 saturated heterocycles. The maximum absolute atomic E-state index is 11.6. The van der Waals surface area contributed by atoms with Gasteiger partial charge in [-0.1, -0.05) is 24.3 Å². The highest BCUT2D eigenvalue weighted by Gasteiger charge is 2.27. The number of methoxy groups -OCH3 is 1. The summed E-state index contributed by atoms with van der Waals surface area (Å²) in [6, 6.07) is 16.5. The van der Waals surface area contributed by atoms with E-state index in [4.69, 9.17) is 18.9 Å². The molecule has 2 aliphatic rings. The van der Waals surface area contributed by atoms with Gasteiger partial charge in [0.05, 0.1) is 26.7 Å². The minimum atomic E-state index is -0.224. The van der Waals surface area contributed by atoms with E-state index < -0.39 is 0 Å². The molecule has 5 rings (SSSR count). The molecule has 3 aromatic rings. The Morgan fingerprint density at radius 1 is 1.06 bits per heavy atom. The fourth-order valence-electron chi connectivity index (χ4n) is 4.92. The first-order valence-electron chi connectivity index (χ1n) is 11.3. The summed E-state index contributed by atoms with van der Waals surface area (Å²) in [6.45, 7) is 6.05. The smallest absolute Gasteiger partial charge is 0.306 e. The highest BCUT2D eigenvalue weighted by molar-refractivity contribution is 5.75. The highest BCUT2D eigenvalue weighted by Crippen LogP contribution is 2.39. The van der Waals surface area contributed by atoms with Gasteiger partial charge >= 0.3 is 5.97 Å². The van der Waals surface area contributed by atoms with Crippen molar-refractivity contribution in [3.05, 3.63) is 76.3 Å². The Bertz CT molecular complexity index is 1210. The predicted octanol–water partition coefficient (Wildman–Crippen LogP) is 5.52. The zero-order valence-electron chi connectivity index (χ0n) is 19.3. The monoisotopic (exact) mass is 444 g/mol. The summed E-state index contributed by atoms with van der Waals surface area (Å²) in [5, 5.41) is 0. The zero-order valence-corrected chi connectivity index (χ0v) is 19.3. The van der Waals surface area contributed by atoms with Gasteiger partial charge < -0.3 is 18.9 Å². The number of esters is 1. The molecule has 0 bridgehead atoms. The van der Waals surface area contributed by atoms with Crippen molar-refractivity contribution in [2.45, 2.75) is 39.2 Å². The van der Waals surface area contributed by atoms with Crippen molar-refractivity contribution in [2.24, 2.45) is 0 Å². The van der Waals surface area contributed by atoms with Gasteiger partial charge in [-0.05, 0) is 59.9 Å². The van der Waals surface area contributed by atoms with E-state index in [1.807, 2.05) is 18.2 Å². The number of fused-ring (bicyclic) bond motifs is 2. The largest absolute Gasteiger partial charge is 0.493 e. The lowest BCUT2D eigenvalue weighted by Gasteiger charge is -2.15.